The number of hydrogen-bond acceptors (Lipinski definition) is 5. The van der Waals surface area contributed by atoms with Crippen LogP contribution >= 0.6 is 0 Å². The summed E-state index contributed by atoms with van der Waals surface area (Å²) in [6.45, 7) is 10.1. The first-order valence-electron chi connectivity index (χ1n) is 7.86. The molecule has 0 radical (unpaired) electrons. The van der Waals surface area contributed by atoms with Gasteiger partial charge in [0.25, 0.3) is 0 Å². The molecule has 1 fully saturated rings. The second-order valence-corrected chi connectivity index (χ2v) is 5.67. The van der Waals surface area contributed by atoms with Gasteiger partial charge in [0.2, 0.25) is 11.7 Å². The van der Waals surface area contributed by atoms with Crippen molar-refractivity contribution in [3.8, 4) is 0 Å². The Morgan fingerprint density at radius 3 is 2.70 bits per heavy atom. The van der Waals surface area contributed by atoms with E-state index >= 15 is 0 Å². The first-order chi connectivity index (χ1) is 9.65. The third kappa shape index (κ3) is 3.04. The van der Waals surface area contributed by atoms with Crippen LogP contribution in [0.15, 0.2) is 4.52 Å². The molecule has 1 saturated heterocycles. The predicted octanol–water partition coefficient (Wildman–Crippen LogP) is 2.98. The van der Waals surface area contributed by atoms with Crippen molar-refractivity contribution >= 4 is 0 Å². The van der Waals surface area contributed by atoms with Gasteiger partial charge in [0.05, 0.1) is 0 Å². The van der Waals surface area contributed by atoms with E-state index in [9.17, 15) is 0 Å². The molecule has 0 amide bonds. The van der Waals surface area contributed by atoms with Crippen LogP contribution in [0.1, 0.15) is 71.0 Å². The highest BCUT2D eigenvalue weighted by molar-refractivity contribution is 5.04. The molecule has 1 aromatic rings. The first-order valence-corrected chi connectivity index (χ1v) is 7.86. The number of ether oxygens (including phenoxy) is 1. The maximum atomic E-state index is 5.94. The van der Waals surface area contributed by atoms with Gasteiger partial charge in [-0.1, -0.05) is 19.0 Å². The number of hydrogen-bond donors (Lipinski definition) is 1. The Labute approximate surface area is 121 Å². The zero-order chi connectivity index (χ0) is 14.6. The zero-order valence-corrected chi connectivity index (χ0v) is 13.1. The van der Waals surface area contributed by atoms with Crippen molar-refractivity contribution in [2.75, 3.05) is 13.2 Å². The lowest BCUT2D eigenvalue weighted by Gasteiger charge is -2.28. The second-order valence-electron chi connectivity index (χ2n) is 5.67. The van der Waals surface area contributed by atoms with E-state index in [2.05, 4.69) is 36.2 Å². The molecule has 5 heteroatoms. The highest BCUT2D eigenvalue weighted by atomic mass is 16.5. The fraction of sp³-hybridized carbons (Fsp3) is 0.867. The van der Waals surface area contributed by atoms with Gasteiger partial charge in [0.1, 0.15) is 5.60 Å². The Hall–Kier alpha value is -0.940. The van der Waals surface area contributed by atoms with Gasteiger partial charge in [0.15, 0.2) is 0 Å². The van der Waals surface area contributed by atoms with E-state index in [1.165, 1.54) is 0 Å². The Morgan fingerprint density at radius 1 is 1.35 bits per heavy atom. The van der Waals surface area contributed by atoms with E-state index in [0.717, 1.165) is 38.1 Å². The summed E-state index contributed by atoms with van der Waals surface area (Å²) in [5.41, 5.74) is -0.394. The van der Waals surface area contributed by atoms with Gasteiger partial charge in [-0.3, -0.25) is 0 Å². The van der Waals surface area contributed by atoms with Gasteiger partial charge in [-0.05, 0) is 46.1 Å². The van der Waals surface area contributed by atoms with Crippen molar-refractivity contribution in [3.63, 3.8) is 0 Å². The Bertz CT molecular complexity index is 415. The van der Waals surface area contributed by atoms with Crippen LogP contribution in [0.2, 0.25) is 0 Å². The predicted molar refractivity (Wildman–Crippen MR) is 77.6 cm³/mol. The van der Waals surface area contributed by atoms with Crippen molar-refractivity contribution in [1.29, 1.82) is 0 Å². The molecule has 1 N–H and O–H groups in total. The summed E-state index contributed by atoms with van der Waals surface area (Å²) >= 11 is 0. The number of nitrogens with zero attached hydrogens (tertiary/aromatic N) is 2. The summed E-state index contributed by atoms with van der Waals surface area (Å²) in [5, 5.41) is 7.66. The number of nitrogens with one attached hydrogen (secondary N) is 1. The average molecular weight is 281 g/mol. The molecule has 2 heterocycles. The number of rotatable bonds is 6. The van der Waals surface area contributed by atoms with E-state index in [0.29, 0.717) is 24.4 Å². The number of aromatic nitrogens is 2. The van der Waals surface area contributed by atoms with E-state index in [1.54, 1.807) is 0 Å². The normalized spacial score (nSPS) is 24.0. The molecule has 2 unspecified atom stereocenters. The lowest BCUT2D eigenvalue weighted by Crippen LogP contribution is -2.35. The molecule has 1 aliphatic rings. The summed E-state index contributed by atoms with van der Waals surface area (Å²) in [5.74, 6) is 1.87. The van der Waals surface area contributed by atoms with Crippen LogP contribution in [0, 0.1) is 0 Å². The summed E-state index contributed by atoms with van der Waals surface area (Å²) in [7, 11) is 0. The lowest BCUT2D eigenvalue weighted by molar-refractivity contribution is -0.0583. The monoisotopic (exact) mass is 281 g/mol. The van der Waals surface area contributed by atoms with E-state index < -0.39 is 5.60 Å². The third-order valence-electron chi connectivity index (χ3n) is 4.39. The van der Waals surface area contributed by atoms with Crippen LogP contribution < -0.4 is 5.32 Å². The zero-order valence-electron chi connectivity index (χ0n) is 13.1. The fourth-order valence-electron chi connectivity index (χ4n) is 3.05. The van der Waals surface area contributed by atoms with E-state index in [-0.39, 0.29) is 0 Å². The largest absolute Gasteiger partial charge is 0.367 e. The van der Waals surface area contributed by atoms with Crippen LogP contribution in [0.3, 0.4) is 0 Å². The quantitative estimate of drug-likeness (QED) is 0.868. The minimum atomic E-state index is -0.394. The third-order valence-corrected chi connectivity index (χ3v) is 4.39. The molecule has 0 bridgehead atoms. The summed E-state index contributed by atoms with van der Waals surface area (Å²) in [6, 6.07) is 0.512. The Morgan fingerprint density at radius 2 is 2.10 bits per heavy atom. The molecule has 20 heavy (non-hydrogen) atoms. The Kier molecular flexibility index (Phi) is 5.16. The molecular formula is C15H27N3O2. The molecule has 0 aliphatic carbocycles. The standard InChI is InChI=1S/C15H27N3O2/c1-5-15(6-2,19-7-3)14-17-13(20-18-14)12-8-9-16-11(4)10-12/h11-12,16H,5-10H2,1-4H3. The lowest BCUT2D eigenvalue weighted by atomic mass is 9.93. The summed E-state index contributed by atoms with van der Waals surface area (Å²) in [6.07, 6.45) is 3.84. The van der Waals surface area contributed by atoms with Crippen molar-refractivity contribution in [1.82, 2.24) is 15.5 Å². The van der Waals surface area contributed by atoms with Gasteiger partial charge in [-0.25, -0.2) is 0 Å². The molecule has 2 atom stereocenters. The molecule has 0 aromatic carbocycles. The molecular weight excluding hydrogens is 254 g/mol. The molecule has 2 rings (SSSR count). The van der Waals surface area contributed by atoms with Gasteiger partial charge < -0.3 is 14.6 Å². The summed E-state index contributed by atoms with van der Waals surface area (Å²) in [4.78, 5) is 4.67. The van der Waals surface area contributed by atoms with Crippen molar-refractivity contribution in [2.24, 2.45) is 0 Å². The van der Waals surface area contributed by atoms with Crippen molar-refractivity contribution in [2.45, 2.75) is 70.9 Å². The maximum Gasteiger partial charge on any atom is 0.229 e. The van der Waals surface area contributed by atoms with Gasteiger partial charge >= 0.3 is 0 Å². The van der Waals surface area contributed by atoms with Crippen molar-refractivity contribution < 1.29 is 9.26 Å². The minimum absolute atomic E-state index is 0.375. The maximum absolute atomic E-state index is 5.94. The fourth-order valence-corrected chi connectivity index (χ4v) is 3.05. The van der Waals surface area contributed by atoms with Crippen LogP contribution in [0.25, 0.3) is 0 Å². The second kappa shape index (κ2) is 6.68. The van der Waals surface area contributed by atoms with Gasteiger partial charge in [-0.2, -0.15) is 4.98 Å². The highest BCUT2D eigenvalue weighted by Crippen LogP contribution is 2.33. The molecule has 1 aromatic heterocycles. The molecule has 114 valence electrons. The molecule has 5 nitrogen and oxygen atoms in total. The van der Waals surface area contributed by atoms with Crippen LogP contribution in [-0.4, -0.2) is 29.3 Å². The first kappa shape index (κ1) is 15.4. The average Bonchev–Trinajstić information content (AvgIpc) is 2.95. The number of piperidine rings is 1. The van der Waals surface area contributed by atoms with Crippen LogP contribution in [0.5, 0.6) is 0 Å². The highest BCUT2D eigenvalue weighted by Gasteiger charge is 2.36. The van der Waals surface area contributed by atoms with E-state index in [1.807, 2.05) is 6.92 Å². The van der Waals surface area contributed by atoms with Crippen LogP contribution in [0.4, 0.5) is 0 Å². The van der Waals surface area contributed by atoms with Gasteiger partial charge in [-0.15, -0.1) is 0 Å². The van der Waals surface area contributed by atoms with Gasteiger partial charge in [0, 0.05) is 18.6 Å². The van der Waals surface area contributed by atoms with E-state index in [4.69, 9.17) is 9.26 Å². The van der Waals surface area contributed by atoms with Crippen LogP contribution in [-0.2, 0) is 10.3 Å². The minimum Gasteiger partial charge on any atom is -0.367 e. The summed E-state index contributed by atoms with van der Waals surface area (Å²) < 4.78 is 11.5. The van der Waals surface area contributed by atoms with Crippen molar-refractivity contribution in [3.05, 3.63) is 11.7 Å². The SMILES string of the molecule is CCOC(CC)(CC)c1noc(C2CCNC(C)C2)n1. The smallest absolute Gasteiger partial charge is 0.229 e. The molecule has 1 aliphatic heterocycles. The Balaban J connectivity index is 2.18. The molecule has 0 spiro atoms. The topological polar surface area (TPSA) is 60.2 Å². The molecule has 0 saturated carbocycles.